The van der Waals surface area contributed by atoms with Gasteiger partial charge in [-0.25, -0.2) is 8.42 Å². The van der Waals surface area contributed by atoms with Crippen molar-refractivity contribution in [1.82, 2.24) is 4.72 Å². The van der Waals surface area contributed by atoms with Crippen LogP contribution < -0.4 is 10.5 Å². The maximum absolute atomic E-state index is 10.2. The van der Waals surface area contributed by atoms with Crippen LogP contribution in [-0.2, 0) is 10.9 Å². The van der Waals surface area contributed by atoms with Crippen LogP contribution in [-0.4, -0.2) is 8.42 Å². The summed E-state index contributed by atoms with van der Waals surface area (Å²) in [6.07, 6.45) is -0.666. The lowest BCUT2D eigenvalue weighted by molar-refractivity contribution is 0.582. The minimum Gasteiger partial charge on any atom is -0.311 e. The Labute approximate surface area is 72.5 Å². The Morgan fingerprint density at radius 1 is 1.42 bits per heavy atom. The molecule has 1 unspecified atom stereocenters. The van der Waals surface area contributed by atoms with E-state index in [2.05, 4.69) is 10.8 Å². The monoisotopic (exact) mass is 185 g/mol. The van der Waals surface area contributed by atoms with Gasteiger partial charge in [0, 0.05) is 0 Å². The van der Waals surface area contributed by atoms with Crippen LogP contribution in [0.2, 0.25) is 0 Å². The third kappa shape index (κ3) is 2.61. The summed E-state index contributed by atoms with van der Waals surface area (Å²) >= 11 is 0. The average Bonchev–Trinajstić information content (AvgIpc) is 2.05. The van der Waals surface area contributed by atoms with E-state index in [9.17, 15) is 8.42 Å². The second-order valence-electron chi connectivity index (χ2n) is 2.20. The van der Waals surface area contributed by atoms with Crippen LogP contribution in [0.25, 0.3) is 0 Å². The minimum absolute atomic E-state index is 0.666. The zero-order chi connectivity index (χ0) is 8.97. The van der Waals surface area contributed by atoms with Crippen molar-refractivity contribution in [2.75, 3.05) is 0 Å². The molecule has 5 heteroatoms. The van der Waals surface area contributed by atoms with Crippen molar-refractivity contribution in [3.63, 3.8) is 0 Å². The molecule has 0 amide bonds. The molecular formula is C7H9N2O2S. The fraction of sp³-hybridized carbons (Fsp3) is 0.143. The first kappa shape index (κ1) is 9.18. The quantitative estimate of drug-likeness (QED) is 0.441. The summed E-state index contributed by atoms with van der Waals surface area (Å²) in [4.78, 5) is 0. The number of nitrogens with one attached hydrogen (secondary N) is 1. The van der Waals surface area contributed by atoms with Crippen LogP contribution in [0.1, 0.15) is 11.7 Å². The van der Waals surface area contributed by atoms with Crippen LogP contribution >= 0.6 is 0 Å². The predicted octanol–water partition coefficient (Wildman–Crippen LogP) is -0.440. The first-order chi connectivity index (χ1) is 5.70. The van der Waals surface area contributed by atoms with Gasteiger partial charge in [-0.1, -0.05) is 24.3 Å². The number of hydrogen-bond acceptors (Lipinski definition) is 3. The van der Waals surface area contributed by atoms with Crippen molar-refractivity contribution in [2.45, 2.75) is 6.17 Å². The summed E-state index contributed by atoms with van der Waals surface area (Å²) in [5.41, 5.74) is 6.20. The molecule has 1 aromatic carbocycles. The molecule has 0 aliphatic heterocycles. The average molecular weight is 185 g/mol. The van der Waals surface area contributed by atoms with Crippen LogP contribution in [0.5, 0.6) is 0 Å². The Morgan fingerprint density at radius 3 is 2.50 bits per heavy atom. The number of benzene rings is 1. The van der Waals surface area contributed by atoms with Gasteiger partial charge in [0.05, 0.1) is 6.17 Å². The second-order valence-corrected chi connectivity index (χ2v) is 2.97. The molecule has 1 rings (SSSR count). The normalized spacial score (nSPS) is 13.2. The number of nitrogens with two attached hydrogens (primary N) is 1. The van der Waals surface area contributed by atoms with Gasteiger partial charge in [0.15, 0.2) is 0 Å². The smallest absolute Gasteiger partial charge is 0.203 e. The molecule has 65 valence electrons. The largest absolute Gasteiger partial charge is 0.311 e. The van der Waals surface area contributed by atoms with Gasteiger partial charge in [-0.3, -0.25) is 0 Å². The van der Waals surface area contributed by atoms with E-state index in [0.717, 1.165) is 0 Å². The van der Waals surface area contributed by atoms with Crippen molar-refractivity contribution >= 4 is 10.9 Å². The van der Waals surface area contributed by atoms with E-state index < -0.39 is 17.1 Å². The van der Waals surface area contributed by atoms with Gasteiger partial charge < -0.3 is 5.73 Å². The Hall–Kier alpha value is -0.910. The Bertz CT molecular complexity index is 302. The third-order valence-corrected chi connectivity index (χ3v) is 1.84. The van der Waals surface area contributed by atoms with Gasteiger partial charge in [-0.15, -0.1) is 0 Å². The predicted molar refractivity (Wildman–Crippen MR) is 45.7 cm³/mol. The van der Waals surface area contributed by atoms with Crippen molar-refractivity contribution in [2.24, 2.45) is 5.73 Å². The van der Waals surface area contributed by atoms with Crippen LogP contribution in [0.3, 0.4) is 0 Å². The molecule has 0 heterocycles. The molecule has 0 bridgehead atoms. The summed E-state index contributed by atoms with van der Waals surface area (Å²) in [6, 6.07) is 9.57. The molecule has 0 spiro atoms. The molecule has 0 saturated carbocycles. The van der Waals surface area contributed by atoms with Gasteiger partial charge >= 0.3 is 0 Å². The molecule has 12 heavy (non-hydrogen) atoms. The van der Waals surface area contributed by atoms with E-state index in [4.69, 9.17) is 5.73 Å². The second kappa shape index (κ2) is 4.20. The highest BCUT2D eigenvalue weighted by Crippen LogP contribution is 2.04. The van der Waals surface area contributed by atoms with Gasteiger partial charge in [0.1, 0.15) is 0 Å². The summed E-state index contributed by atoms with van der Waals surface area (Å²) in [5.74, 6) is 0. The van der Waals surface area contributed by atoms with E-state index in [1.807, 2.05) is 0 Å². The van der Waals surface area contributed by atoms with E-state index in [1.54, 1.807) is 24.3 Å². The zero-order valence-electron chi connectivity index (χ0n) is 6.23. The summed E-state index contributed by atoms with van der Waals surface area (Å²) < 4.78 is 22.6. The Morgan fingerprint density at radius 2 is 2.00 bits per heavy atom. The summed E-state index contributed by atoms with van der Waals surface area (Å²) in [7, 11) is -2.65. The highest BCUT2D eigenvalue weighted by molar-refractivity contribution is 7.70. The fourth-order valence-corrected chi connectivity index (χ4v) is 1.17. The standard InChI is InChI=1S/C7H9N2O2S/c8-7(9-12(10)11)6-4-2-1-3-5-6/h2-5,7,12H,8H2,(H,9,10,11). The van der Waals surface area contributed by atoms with Crippen LogP contribution in [0.15, 0.2) is 24.3 Å². The van der Waals surface area contributed by atoms with Crippen molar-refractivity contribution in [1.29, 1.82) is 0 Å². The molecule has 0 aliphatic carbocycles. The maximum Gasteiger partial charge on any atom is 0.203 e. The fourth-order valence-electron chi connectivity index (χ4n) is 0.795. The van der Waals surface area contributed by atoms with Crippen LogP contribution in [0, 0.1) is 6.07 Å². The van der Waals surface area contributed by atoms with Crippen LogP contribution in [0.4, 0.5) is 0 Å². The van der Waals surface area contributed by atoms with E-state index >= 15 is 0 Å². The SMILES string of the molecule is NC(N[SH](=O)=O)c1cc[c]cc1. The lowest BCUT2D eigenvalue weighted by atomic mass is 10.2. The first-order valence-corrected chi connectivity index (χ1v) is 4.50. The molecule has 0 aromatic heterocycles. The molecule has 1 atom stereocenters. The third-order valence-electron chi connectivity index (χ3n) is 1.35. The van der Waals surface area contributed by atoms with Crippen molar-refractivity contribution in [3.05, 3.63) is 35.9 Å². The van der Waals surface area contributed by atoms with Crippen molar-refractivity contribution in [3.8, 4) is 0 Å². The number of rotatable bonds is 3. The van der Waals surface area contributed by atoms with E-state index in [0.29, 0.717) is 5.56 Å². The lowest BCUT2D eigenvalue weighted by Gasteiger charge is -2.08. The maximum atomic E-state index is 10.2. The highest BCUT2D eigenvalue weighted by atomic mass is 32.2. The lowest BCUT2D eigenvalue weighted by Crippen LogP contribution is -2.27. The topological polar surface area (TPSA) is 72.2 Å². The van der Waals surface area contributed by atoms with E-state index in [-0.39, 0.29) is 0 Å². The highest BCUT2D eigenvalue weighted by Gasteiger charge is 2.03. The minimum atomic E-state index is -2.65. The molecule has 1 radical (unpaired) electrons. The van der Waals surface area contributed by atoms with Gasteiger partial charge in [0.2, 0.25) is 10.9 Å². The van der Waals surface area contributed by atoms with E-state index in [1.165, 1.54) is 0 Å². The van der Waals surface area contributed by atoms with Gasteiger partial charge in [0.25, 0.3) is 0 Å². The molecular weight excluding hydrogens is 176 g/mol. The molecule has 1 aromatic rings. The van der Waals surface area contributed by atoms with Gasteiger partial charge in [-0.2, -0.15) is 4.72 Å². The first-order valence-electron chi connectivity index (χ1n) is 3.32. The van der Waals surface area contributed by atoms with Gasteiger partial charge in [-0.05, 0) is 11.6 Å². The molecule has 4 nitrogen and oxygen atoms in total. The molecule has 0 saturated heterocycles. The number of hydrogen-bond donors (Lipinski definition) is 3. The van der Waals surface area contributed by atoms with Crippen molar-refractivity contribution < 1.29 is 8.42 Å². The Balaban J connectivity index is 2.71. The Kier molecular flexibility index (Phi) is 3.21. The summed E-state index contributed by atoms with van der Waals surface area (Å²) in [5, 5.41) is 0. The molecule has 0 aliphatic rings. The number of thiol groups is 1. The molecule has 3 N–H and O–H groups in total. The zero-order valence-corrected chi connectivity index (χ0v) is 7.12. The summed E-state index contributed by atoms with van der Waals surface area (Å²) in [6.45, 7) is 0. The molecule has 0 fully saturated rings.